The van der Waals surface area contributed by atoms with Gasteiger partial charge in [-0.1, -0.05) is 70.6 Å². The third-order valence-corrected chi connectivity index (χ3v) is 20.9. The van der Waals surface area contributed by atoms with Gasteiger partial charge in [-0.15, -0.1) is 0 Å². The third kappa shape index (κ3) is 16.1. The van der Waals surface area contributed by atoms with Crippen molar-refractivity contribution >= 4 is 23.9 Å². The van der Waals surface area contributed by atoms with E-state index in [4.69, 9.17) is 33.5 Å². The summed E-state index contributed by atoms with van der Waals surface area (Å²) in [4.78, 5) is 82.3. The second-order valence-corrected chi connectivity index (χ2v) is 32.9. The van der Waals surface area contributed by atoms with Crippen molar-refractivity contribution in [1.29, 1.82) is 0 Å². The van der Waals surface area contributed by atoms with Gasteiger partial charge >= 0.3 is 23.9 Å². The Labute approximate surface area is 517 Å². The summed E-state index contributed by atoms with van der Waals surface area (Å²) in [5.41, 5.74) is -4.98. The van der Waals surface area contributed by atoms with Gasteiger partial charge in [-0.05, 0) is 180 Å². The van der Waals surface area contributed by atoms with Crippen molar-refractivity contribution in [2.45, 2.75) is 377 Å². The van der Waals surface area contributed by atoms with Crippen LogP contribution in [0.1, 0.15) is 325 Å². The molecule has 1 aromatic carbocycles. The fourth-order valence-corrected chi connectivity index (χ4v) is 18.0. The summed E-state index contributed by atoms with van der Waals surface area (Å²) < 4.78 is 26.4. The van der Waals surface area contributed by atoms with Gasteiger partial charge in [0.25, 0.3) is 0 Å². The number of hydroxylamine groups is 6. The highest BCUT2D eigenvalue weighted by Gasteiger charge is 2.53. The van der Waals surface area contributed by atoms with Crippen molar-refractivity contribution in [3.63, 3.8) is 0 Å². The van der Waals surface area contributed by atoms with Crippen LogP contribution >= 0.6 is 0 Å². The summed E-state index contributed by atoms with van der Waals surface area (Å²) in [6, 6.07) is 2.67. The molecule has 0 bridgehead atoms. The van der Waals surface area contributed by atoms with E-state index in [0.717, 1.165) is 103 Å². The highest BCUT2D eigenvalue weighted by Crippen LogP contribution is 2.46. The maximum absolute atomic E-state index is 15.5. The highest BCUT2D eigenvalue weighted by molar-refractivity contribution is 6.10. The van der Waals surface area contributed by atoms with Crippen LogP contribution in [0, 0.1) is 5.92 Å². The van der Waals surface area contributed by atoms with Gasteiger partial charge in [0, 0.05) is 95.7 Å². The Morgan fingerprint density at radius 2 is 0.651 bits per heavy atom. The van der Waals surface area contributed by atoms with Crippen LogP contribution in [0.4, 0.5) is 0 Å². The van der Waals surface area contributed by atoms with Gasteiger partial charge in [0.15, 0.2) is 0 Å². The zero-order valence-corrected chi connectivity index (χ0v) is 55.9. The maximum atomic E-state index is 15.5. The average molecular weight is 1200 g/mol. The Balaban J connectivity index is 1.07. The molecule has 0 amide bonds. The molecule has 4 saturated carbocycles. The minimum atomic E-state index is -0.811. The average Bonchev–Trinajstić information content (AvgIpc) is 0.931. The lowest BCUT2D eigenvalue weighted by Crippen LogP contribution is -2.63. The minimum absolute atomic E-state index is 0.0989. The van der Waals surface area contributed by atoms with Crippen LogP contribution in [-0.2, 0) is 33.5 Å². The Bertz CT molecular complexity index is 2490. The summed E-state index contributed by atoms with van der Waals surface area (Å²) in [6.45, 7) is 31.7. The lowest BCUT2D eigenvalue weighted by molar-refractivity contribution is -0.317. The third-order valence-electron chi connectivity index (χ3n) is 20.9. The van der Waals surface area contributed by atoms with Crippen molar-refractivity contribution < 1.29 is 57.7 Å². The topological polar surface area (TPSA) is 175 Å². The molecule has 86 heavy (non-hydrogen) atoms. The fourth-order valence-electron chi connectivity index (χ4n) is 18.0. The fraction of sp³-hybridized carbons (Fsp3) is 0.857. The van der Waals surface area contributed by atoms with Crippen LogP contribution in [0.2, 0.25) is 0 Å². The first kappa shape index (κ1) is 67.2. The number of aliphatic hydroxyl groups excluding tert-OH is 1. The molecule has 0 aromatic heterocycles. The molecule has 4 aliphatic heterocycles. The zero-order valence-electron chi connectivity index (χ0n) is 55.9. The summed E-state index contributed by atoms with van der Waals surface area (Å²) in [6.07, 6.45) is 22.0. The number of benzene rings is 1. The van der Waals surface area contributed by atoms with Crippen LogP contribution < -0.4 is 5.32 Å². The van der Waals surface area contributed by atoms with Gasteiger partial charge < -0.3 is 29.4 Å². The molecule has 4 atom stereocenters. The molecule has 0 spiro atoms. The van der Waals surface area contributed by atoms with Crippen LogP contribution in [0.5, 0.6) is 0 Å². The number of ether oxygens (including phenoxy) is 4. The van der Waals surface area contributed by atoms with Crippen LogP contribution in [0.25, 0.3) is 0 Å². The number of nitrogens with one attached hydrogen (secondary N) is 1. The summed E-state index contributed by atoms with van der Waals surface area (Å²) in [5.74, 6) is -3.14. The van der Waals surface area contributed by atoms with Gasteiger partial charge in [-0.2, -0.15) is 15.2 Å². The number of rotatable bonds is 16. The zero-order chi connectivity index (χ0) is 62.4. The van der Waals surface area contributed by atoms with E-state index >= 15 is 19.2 Å². The number of carbonyl (C=O) groups is 4. The highest BCUT2D eigenvalue weighted by atomic mass is 16.7. The number of hydrogen-bond donors (Lipinski definition) is 2. The van der Waals surface area contributed by atoms with Gasteiger partial charge in [-0.25, -0.2) is 19.2 Å². The second-order valence-electron chi connectivity index (χ2n) is 32.9. The Kier molecular flexibility index (Phi) is 20.4. The van der Waals surface area contributed by atoms with Gasteiger partial charge in [0.05, 0.1) is 46.7 Å². The van der Waals surface area contributed by atoms with Gasteiger partial charge in [0.2, 0.25) is 0 Å². The molecule has 4 heterocycles. The van der Waals surface area contributed by atoms with Crippen molar-refractivity contribution in [1.82, 2.24) is 20.5 Å². The van der Waals surface area contributed by atoms with Gasteiger partial charge in [0.1, 0.15) is 24.4 Å². The van der Waals surface area contributed by atoms with E-state index in [2.05, 4.69) is 124 Å². The molecule has 8 aliphatic rings. The molecular weight excluding hydrogens is 1090 g/mol. The molecule has 16 heteroatoms. The first-order valence-electron chi connectivity index (χ1n) is 34.0. The predicted octanol–water partition coefficient (Wildman–Crippen LogP) is 14.4. The number of piperidine rings is 4. The monoisotopic (exact) mass is 1200 g/mol. The van der Waals surface area contributed by atoms with Crippen molar-refractivity contribution in [3.8, 4) is 0 Å². The van der Waals surface area contributed by atoms with Crippen molar-refractivity contribution in [2.24, 2.45) is 5.92 Å². The van der Waals surface area contributed by atoms with Crippen LogP contribution in [-0.4, -0.2) is 137 Å². The summed E-state index contributed by atoms with van der Waals surface area (Å²) in [5, 5.41) is 21.4. The quantitative estimate of drug-likeness (QED) is 0.118. The van der Waals surface area contributed by atoms with Gasteiger partial charge in [-0.3, -0.25) is 14.5 Å². The molecule has 0 radical (unpaired) electrons. The van der Waals surface area contributed by atoms with E-state index in [1.54, 1.807) is 0 Å². The lowest BCUT2D eigenvalue weighted by Gasteiger charge is -2.54. The van der Waals surface area contributed by atoms with E-state index in [0.29, 0.717) is 57.8 Å². The second kappa shape index (κ2) is 26.2. The van der Waals surface area contributed by atoms with Crippen molar-refractivity contribution in [3.05, 3.63) is 34.4 Å². The van der Waals surface area contributed by atoms with E-state index in [1.165, 1.54) is 31.4 Å². The molecule has 4 aliphatic carbocycles. The molecule has 486 valence electrons. The molecule has 9 rings (SSSR count). The molecule has 8 fully saturated rings. The molecule has 4 saturated heterocycles. The minimum Gasteiger partial charge on any atom is -0.459 e. The number of hydrogen-bond acceptors (Lipinski definition) is 16. The normalized spacial score (nSPS) is 30.7. The standard InChI is InChI=1S/C70H114N4O12/c1-63(2)38-50(45-70(15,71-63)37-46-27-25-26-34-58(46)75)80-59(76)54-35-56(61(78)82-52-41-66(7,8)73(67(9,10)42-52)85-48-30-21-17-22-31-48)57(62(79)83-53-43-68(11,12)74(69(13,14)44-53)86-49-32-23-18-24-33-49)36-55(54)60(77)81-51-39-64(3,4)72(65(5,6)40-51)84-47-28-19-16-20-29-47/h35-36,46-53,58,71,75H,16-34,37-45H2,1-15H3. The molecule has 2 N–H and O–H groups in total. The predicted molar refractivity (Wildman–Crippen MR) is 332 cm³/mol. The SMILES string of the molecule is CC1(C)CC(OC(=O)c2cc(C(=O)OC3CC(C)(C)N(OC4CCCCC4)C(C)(C)C3)c(C(=O)OC3CC(C)(C)N(OC4CCCCC4)C(C)(C)C3)cc2C(=O)OC2CC(C)(C)N(OC3CCCCC3)C(C)(C)C2)CC(C)(CC2CCCCC2O)N1. The Hall–Kier alpha value is -3.22. The maximum Gasteiger partial charge on any atom is 0.339 e. The summed E-state index contributed by atoms with van der Waals surface area (Å²) in [7, 11) is 0. The number of esters is 4. The first-order chi connectivity index (χ1) is 40.1. The molecule has 1 aromatic rings. The largest absolute Gasteiger partial charge is 0.459 e. The van der Waals surface area contributed by atoms with Crippen molar-refractivity contribution in [2.75, 3.05) is 0 Å². The number of aliphatic hydroxyl groups is 1. The Morgan fingerprint density at radius 1 is 0.384 bits per heavy atom. The van der Waals surface area contributed by atoms with E-state index in [9.17, 15) is 5.11 Å². The van der Waals surface area contributed by atoms with E-state index in [1.807, 2.05) is 0 Å². The first-order valence-corrected chi connectivity index (χ1v) is 34.0. The Morgan fingerprint density at radius 3 is 0.942 bits per heavy atom. The smallest absolute Gasteiger partial charge is 0.339 e. The van der Waals surface area contributed by atoms with E-state index < -0.39 is 98.7 Å². The van der Waals surface area contributed by atoms with Crippen LogP contribution in [0.15, 0.2) is 12.1 Å². The number of carbonyl (C=O) groups excluding carboxylic acids is 4. The molecular formula is C70H114N4O12. The number of nitrogens with zero attached hydrogens (tertiary/aromatic N) is 3. The van der Waals surface area contributed by atoms with E-state index in [-0.39, 0.29) is 46.5 Å². The lowest BCUT2D eigenvalue weighted by atomic mass is 9.72. The molecule has 4 unspecified atom stereocenters. The summed E-state index contributed by atoms with van der Waals surface area (Å²) >= 11 is 0. The van der Waals surface area contributed by atoms with Crippen LogP contribution in [0.3, 0.4) is 0 Å². The molecule has 16 nitrogen and oxygen atoms in total.